The third kappa shape index (κ3) is 3.26. The minimum absolute atomic E-state index is 0.153. The van der Waals surface area contributed by atoms with E-state index >= 15 is 0 Å². The Morgan fingerprint density at radius 2 is 1.89 bits per heavy atom. The fourth-order valence-corrected chi connectivity index (χ4v) is 3.80. The molecule has 2 unspecified atom stereocenters. The molecule has 2 atom stereocenters. The maximum absolute atomic E-state index is 9.10. The average Bonchev–Trinajstić information content (AvgIpc) is 3.07. The van der Waals surface area contributed by atoms with Gasteiger partial charge in [0.25, 0.3) is 0 Å². The van der Waals surface area contributed by atoms with E-state index in [1.807, 2.05) is 28.8 Å². The lowest BCUT2D eigenvalue weighted by molar-refractivity contribution is 0.822. The van der Waals surface area contributed by atoms with Gasteiger partial charge in [0.15, 0.2) is 5.65 Å². The maximum Gasteiger partial charge on any atom is 0.222 e. The van der Waals surface area contributed by atoms with Crippen molar-refractivity contribution in [2.45, 2.75) is 6.54 Å². The van der Waals surface area contributed by atoms with Crippen LogP contribution < -0.4 is 16.3 Å². The van der Waals surface area contributed by atoms with Crippen molar-refractivity contribution in [1.82, 2.24) is 24.5 Å². The molecular formula is C18H15N7P2. The molecule has 0 bridgehead atoms. The molecule has 0 saturated carbocycles. The average molecular weight is 391 g/mol. The molecule has 0 amide bonds. The van der Waals surface area contributed by atoms with Crippen LogP contribution in [-0.4, -0.2) is 24.5 Å². The van der Waals surface area contributed by atoms with Crippen molar-refractivity contribution in [2.24, 2.45) is 0 Å². The van der Waals surface area contributed by atoms with E-state index in [1.54, 1.807) is 24.7 Å². The summed E-state index contributed by atoms with van der Waals surface area (Å²) in [6, 6.07) is 11.6. The van der Waals surface area contributed by atoms with Crippen molar-refractivity contribution in [1.29, 1.82) is 5.26 Å². The van der Waals surface area contributed by atoms with Crippen LogP contribution in [0.15, 0.2) is 42.9 Å². The molecule has 132 valence electrons. The molecular weight excluding hydrogens is 376 g/mol. The summed E-state index contributed by atoms with van der Waals surface area (Å²) in [6.07, 6.45) is 3.30. The van der Waals surface area contributed by atoms with E-state index in [0.29, 0.717) is 29.1 Å². The van der Waals surface area contributed by atoms with Gasteiger partial charge in [0.2, 0.25) is 5.95 Å². The molecule has 0 spiro atoms. The fourth-order valence-electron chi connectivity index (χ4n) is 2.89. The molecule has 27 heavy (non-hydrogen) atoms. The summed E-state index contributed by atoms with van der Waals surface area (Å²) in [5.41, 5.74) is 10.0. The smallest absolute Gasteiger partial charge is 0.222 e. The fraction of sp³-hybridized carbons (Fsp3) is 0.0556. The van der Waals surface area contributed by atoms with Gasteiger partial charge < -0.3 is 10.3 Å². The van der Waals surface area contributed by atoms with Crippen molar-refractivity contribution in [3.05, 3.63) is 54.1 Å². The van der Waals surface area contributed by atoms with Gasteiger partial charge in [0, 0.05) is 11.8 Å². The molecule has 3 aromatic heterocycles. The van der Waals surface area contributed by atoms with Gasteiger partial charge in [-0.3, -0.25) is 0 Å². The number of imidazole rings is 1. The van der Waals surface area contributed by atoms with E-state index in [4.69, 9.17) is 11.0 Å². The number of hydrogen-bond acceptors (Lipinski definition) is 6. The summed E-state index contributed by atoms with van der Waals surface area (Å²) >= 11 is 0. The summed E-state index contributed by atoms with van der Waals surface area (Å²) < 4.78 is 1.94. The summed E-state index contributed by atoms with van der Waals surface area (Å²) in [6.45, 7) is 0.602. The van der Waals surface area contributed by atoms with E-state index in [-0.39, 0.29) is 5.95 Å². The Hall–Kier alpha value is -2.93. The minimum Gasteiger partial charge on any atom is -0.368 e. The van der Waals surface area contributed by atoms with Gasteiger partial charge in [-0.2, -0.15) is 10.2 Å². The highest BCUT2D eigenvalue weighted by Gasteiger charge is 2.15. The van der Waals surface area contributed by atoms with Crippen LogP contribution in [0.25, 0.3) is 22.4 Å². The lowest BCUT2D eigenvalue weighted by atomic mass is 10.1. The van der Waals surface area contributed by atoms with Crippen LogP contribution >= 0.6 is 18.5 Å². The van der Waals surface area contributed by atoms with Gasteiger partial charge in [-0.25, -0.2) is 15.0 Å². The highest BCUT2D eigenvalue weighted by atomic mass is 31.0. The van der Waals surface area contributed by atoms with Gasteiger partial charge >= 0.3 is 0 Å². The van der Waals surface area contributed by atoms with E-state index in [9.17, 15) is 0 Å². The standard InChI is InChI=1S/C18H15N7P2/c19-7-11-6-10(4-5-21-11)15-16-17(24-18(20)23-15)25(9-22-16)8-12-13(26)2-1-3-14(12)27/h1-6,9H,8,26-27H2,(H2,20,23,24). The zero-order valence-electron chi connectivity index (χ0n) is 14.2. The number of nitriles is 1. The minimum atomic E-state index is 0.153. The maximum atomic E-state index is 9.10. The van der Waals surface area contributed by atoms with Crippen molar-refractivity contribution in [3.63, 3.8) is 0 Å². The predicted molar refractivity (Wildman–Crippen MR) is 112 cm³/mol. The Kier molecular flexibility index (Phi) is 4.53. The summed E-state index contributed by atoms with van der Waals surface area (Å²) in [5.74, 6) is 0.153. The highest BCUT2D eigenvalue weighted by molar-refractivity contribution is 7.29. The first-order valence-corrected chi connectivity index (χ1v) is 9.20. The molecule has 0 aliphatic heterocycles. The predicted octanol–water partition coefficient (Wildman–Crippen LogP) is 1.39. The number of anilines is 1. The molecule has 4 aromatic rings. The van der Waals surface area contributed by atoms with E-state index < -0.39 is 0 Å². The quantitative estimate of drug-likeness (QED) is 0.529. The van der Waals surface area contributed by atoms with Gasteiger partial charge in [0.05, 0.1) is 12.9 Å². The van der Waals surface area contributed by atoms with Crippen LogP contribution in [0.5, 0.6) is 0 Å². The molecule has 0 saturated heterocycles. The Bertz CT molecular complexity index is 1190. The van der Waals surface area contributed by atoms with Crippen LogP contribution in [0.1, 0.15) is 11.3 Å². The molecule has 7 nitrogen and oxygen atoms in total. The lowest BCUT2D eigenvalue weighted by Crippen LogP contribution is -2.16. The molecule has 9 heteroatoms. The number of hydrogen-bond donors (Lipinski definition) is 1. The molecule has 1 aromatic carbocycles. The van der Waals surface area contributed by atoms with Gasteiger partial charge in [-0.1, -0.05) is 18.2 Å². The van der Waals surface area contributed by atoms with Gasteiger partial charge in [-0.05, 0) is 28.3 Å². The third-order valence-electron chi connectivity index (χ3n) is 4.21. The first-order valence-electron chi connectivity index (χ1n) is 8.04. The summed E-state index contributed by atoms with van der Waals surface area (Å²) in [4.78, 5) is 17.3. The van der Waals surface area contributed by atoms with Crippen molar-refractivity contribution in [2.75, 3.05) is 5.73 Å². The van der Waals surface area contributed by atoms with E-state index in [1.165, 1.54) is 0 Å². The largest absolute Gasteiger partial charge is 0.368 e. The number of nitrogens with two attached hydrogens (primary N) is 1. The third-order valence-corrected chi connectivity index (χ3v) is 5.29. The second kappa shape index (κ2) is 7.00. The number of pyridine rings is 1. The lowest BCUT2D eigenvalue weighted by Gasteiger charge is -2.11. The number of nitrogens with zero attached hydrogens (tertiary/aromatic N) is 6. The zero-order valence-corrected chi connectivity index (χ0v) is 16.5. The van der Waals surface area contributed by atoms with E-state index in [2.05, 4.69) is 38.4 Å². The highest BCUT2D eigenvalue weighted by Crippen LogP contribution is 2.26. The Labute approximate surface area is 160 Å². The van der Waals surface area contributed by atoms with Crippen molar-refractivity contribution < 1.29 is 0 Å². The van der Waals surface area contributed by atoms with Crippen molar-refractivity contribution in [3.8, 4) is 17.3 Å². The van der Waals surface area contributed by atoms with Gasteiger partial charge in [-0.15, -0.1) is 18.5 Å². The number of aromatic nitrogens is 5. The summed E-state index contributed by atoms with van der Waals surface area (Å²) in [7, 11) is 5.51. The number of nitrogen functional groups attached to an aromatic ring is 1. The first-order chi connectivity index (χ1) is 13.1. The second-order valence-electron chi connectivity index (χ2n) is 5.93. The van der Waals surface area contributed by atoms with Gasteiger partial charge in [0.1, 0.15) is 23.0 Å². The Balaban J connectivity index is 1.87. The van der Waals surface area contributed by atoms with Crippen molar-refractivity contribution >= 4 is 46.2 Å². The molecule has 0 aliphatic carbocycles. The van der Waals surface area contributed by atoms with E-state index in [0.717, 1.165) is 21.7 Å². The van der Waals surface area contributed by atoms with Crippen LogP contribution in [0.2, 0.25) is 0 Å². The number of rotatable bonds is 3. The molecule has 4 rings (SSSR count). The van der Waals surface area contributed by atoms with Crippen LogP contribution in [0, 0.1) is 11.3 Å². The first kappa shape index (κ1) is 17.5. The number of benzene rings is 1. The van der Waals surface area contributed by atoms with Crippen LogP contribution in [-0.2, 0) is 6.54 Å². The summed E-state index contributed by atoms with van der Waals surface area (Å²) in [5, 5.41) is 11.3. The number of fused-ring (bicyclic) bond motifs is 1. The topological polar surface area (TPSA) is 106 Å². The second-order valence-corrected chi connectivity index (χ2v) is 7.18. The molecule has 2 N–H and O–H groups in total. The van der Waals surface area contributed by atoms with Crippen LogP contribution in [0.4, 0.5) is 5.95 Å². The molecule has 0 aliphatic rings. The monoisotopic (exact) mass is 391 g/mol. The molecule has 0 radical (unpaired) electrons. The normalized spacial score (nSPS) is 10.9. The molecule has 0 fully saturated rings. The Morgan fingerprint density at radius 3 is 2.63 bits per heavy atom. The molecule has 3 heterocycles. The Morgan fingerprint density at radius 1 is 1.11 bits per heavy atom. The SMILES string of the molecule is N#Cc1cc(-c2nc(N)nc3c2ncn3Cc2c(P)cccc2P)ccn1. The van der Waals surface area contributed by atoms with Crippen LogP contribution in [0.3, 0.4) is 0 Å². The zero-order chi connectivity index (χ0) is 19.0.